The number of nitrogens with zero attached hydrogens (tertiary/aromatic N) is 1. The molecule has 0 fully saturated rings. The molecule has 0 unspecified atom stereocenters. The fraction of sp³-hybridized carbons (Fsp3) is 0.188. The molecule has 1 aromatic heterocycles. The van der Waals surface area contributed by atoms with Crippen LogP contribution in [0, 0.1) is 0 Å². The van der Waals surface area contributed by atoms with E-state index in [2.05, 4.69) is 4.98 Å². The number of aromatic nitrogens is 1. The van der Waals surface area contributed by atoms with Crippen molar-refractivity contribution >= 4 is 11.1 Å². The van der Waals surface area contributed by atoms with E-state index < -0.39 is 17.8 Å². The Labute approximate surface area is 124 Å². The Balaban J connectivity index is 1.77. The van der Waals surface area contributed by atoms with Crippen LogP contribution in [0.1, 0.15) is 23.1 Å². The third kappa shape index (κ3) is 2.96. The second-order valence-electron chi connectivity index (χ2n) is 4.92. The van der Waals surface area contributed by atoms with E-state index in [1.54, 1.807) is 12.1 Å². The number of rotatable bonds is 3. The number of aliphatic hydroxyl groups is 1. The molecular formula is C16H12F3NO2. The topological polar surface area (TPSA) is 46.3 Å². The lowest BCUT2D eigenvalue weighted by Crippen LogP contribution is -2.06. The summed E-state index contributed by atoms with van der Waals surface area (Å²) in [6, 6.07) is 11.6. The van der Waals surface area contributed by atoms with Crippen molar-refractivity contribution in [3.05, 3.63) is 65.5 Å². The van der Waals surface area contributed by atoms with E-state index in [4.69, 9.17) is 4.42 Å². The number of fused-ring (bicyclic) bond motifs is 1. The summed E-state index contributed by atoms with van der Waals surface area (Å²) < 4.78 is 43.0. The lowest BCUT2D eigenvalue weighted by molar-refractivity contribution is -0.137. The highest BCUT2D eigenvalue weighted by Crippen LogP contribution is 2.30. The van der Waals surface area contributed by atoms with E-state index >= 15 is 0 Å². The van der Waals surface area contributed by atoms with Gasteiger partial charge in [-0.15, -0.1) is 0 Å². The van der Waals surface area contributed by atoms with Crippen molar-refractivity contribution in [3.63, 3.8) is 0 Å². The zero-order chi connectivity index (χ0) is 15.7. The van der Waals surface area contributed by atoms with E-state index in [-0.39, 0.29) is 6.42 Å². The van der Waals surface area contributed by atoms with Crippen LogP contribution in [-0.4, -0.2) is 10.1 Å². The number of oxazole rings is 1. The second-order valence-corrected chi connectivity index (χ2v) is 4.92. The molecule has 0 aliphatic rings. The molecule has 0 spiro atoms. The van der Waals surface area contributed by atoms with Crippen LogP contribution in [0.15, 0.2) is 52.9 Å². The van der Waals surface area contributed by atoms with Crippen molar-refractivity contribution in [2.75, 3.05) is 0 Å². The minimum atomic E-state index is -4.39. The van der Waals surface area contributed by atoms with Gasteiger partial charge in [0.1, 0.15) is 5.52 Å². The molecular weight excluding hydrogens is 295 g/mol. The Morgan fingerprint density at radius 2 is 1.73 bits per heavy atom. The zero-order valence-corrected chi connectivity index (χ0v) is 11.3. The van der Waals surface area contributed by atoms with E-state index in [1.165, 1.54) is 12.1 Å². The Bertz CT molecular complexity index is 745. The smallest absolute Gasteiger partial charge is 0.416 e. The van der Waals surface area contributed by atoms with Gasteiger partial charge in [-0.3, -0.25) is 0 Å². The van der Waals surface area contributed by atoms with Crippen LogP contribution in [0.25, 0.3) is 11.1 Å². The number of halogens is 3. The number of hydrogen-bond acceptors (Lipinski definition) is 3. The van der Waals surface area contributed by atoms with Gasteiger partial charge < -0.3 is 9.52 Å². The van der Waals surface area contributed by atoms with Crippen molar-refractivity contribution < 1.29 is 22.7 Å². The summed E-state index contributed by atoms with van der Waals surface area (Å²) in [5.41, 5.74) is 0.926. The maximum atomic E-state index is 12.5. The van der Waals surface area contributed by atoms with Gasteiger partial charge in [0.15, 0.2) is 11.5 Å². The normalized spacial score (nSPS) is 13.5. The van der Waals surface area contributed by atoms with Gasteiger partial charge in [0.25, 0.3) is 0 Å². The van der Waals surface area contributed by atoms with Crippen molar-refractivity contribution in [2.45, 2.75) is 18.7 Å². The fourth-order valence-corrected chi connectivity index (χ4v) is 2.18. The molecule has 0 saturated heterocycles. The van der Waals surface area contributed by atoms with E-state index in [9.17, 15) is 18.3 Å². The van der Waals surface area contributed by atoms with Crippen molar-refractivity contribution in [2.24, 2.45) is 0 Å². The van der Waals surface area contributed by atoms with E-state index in [0.29, 0.717) is 22.6 Å². The first-order valence-corrected chi connectivity index (χ1v) is 6.63. The SMILES string of the molecule is O[C@H](Cc1nc2ccccc2o1)c1ccc(C(F)(F)F)cc1. The molecule has 1 N–H and O–H groups in total. The number of hydrogen-bond donors (Lipinski definition) is 1. The Hall–Kier alpha value is -2.34. The van der Waals surface area contributed by atoms with Gasteiger partial charge in [0.2, 0.25) is 0 Å². The predicted octanol–water partition coefficient (Wildman–Crippen LogP) is 4.12. The van der Waals surface area contributed by atoms with Gasteiger partial charge in [-0.2, -0.15) is 13.2 Å². The van der Waals surface area contributed by atoms with Crippen molar-refractivity contribution in [1.82, 2.24) is 4.98 Å². The van der Waals surface area contributed by atoms with E-state index in [0.717, 1.165) is 12.1 Å². The molecule has 2 aromatic carbocycles. The number of para-hydroxylation sites is 2. The Morgan fingerprint density at radius 3 is 2.36 bits per heavy atom. The summed E-state index contributed by atoms with van der Waals surface area (Å²) in [7, 11) is 0. The molecule has 1 atom stereocenters. The Morgan fingerprint density at radius 1 is 1.05 bits per heavy atom. The van der Waals surface area contributed by atoms with Gasteiger partial charge >= 0.3 is 6.18 Å². The molecule has 0 aliphatic carbocycles. The van der Waals surface area contributed by atoms with Crippen molar-refractivity contribution in [3.8, 4) is 0 Å². The Kier molecular flexibility index (Phi) is 3.62. The first-order valence-electron chi connectivity index (χ1n) is 6.63. The van der Waals surface area contributed by atoms with Crippen LogP contribution in [0.5, 0.6) is 0 Å². The van der Waals surface area contributed by atoms with Gasteiger partial charge in [0, 0.05) is 0 Å². The highest BCUT2D eigenvalue weighted by atomic mass is 19.4. The van der Waals surface area contributed by atoms with Gasteiger partial charge in [-0.25, -0.2) is 4.98 Å². The third-order valence-electron chi connectivity index (χ3n) is 3.33. The average molecular weight is 307 g/mol. The van der Waals surface area contributed by atoms with Crippen LogP contribution in [0.2, 0.25) is 0 Å². The molecule has 0 amide bonds. The average Bonchev–Trinajstić information content (AvgIpc) is 2.88. The number of benzene rings is 2. The molecule has 0 aliphatic heterocycles. The fourth-order valence-electron chi connectivity index (χ4n) is 2.18. The lowest BCUT2D eigenvalue weighted by atomic mass is 10.0. The predicted molar refractivity (Wildman–Crippen MR) is 74.1 cm³/mol. The van der Waals surface area contributed by atoms with E-state index in [1.807, 2.05) is 12.1 Å². The minimum Gasteiger partial charge on any atom is -0.441 e. The van der Waals surface area contributed by atoms with Gasteiger partial charge in [-0.1, -0.05) is 24.3 Å². The molecule has 0 bridgehead atoms. The molecule has 6 heteroatoms. The summed E-state index contributed by atoms with van der Waals surface area (Å²) in [4.78, 5) is 4.23. The number of alkyl halides is 3. The van der Waals surface area contributed by atoms with Crippen LogP contribution in [0.4, 0.5) is 13.2 Å². The maximum absolute atomic E-state index is 12.5. The van der Waals surface area contributed by atoms with Crippen LogP contribution >= 0.6 is 0 Å². The molecule has 3 aromatic rings. The summed E-state index contributed by atoms with van der Waals surface area (Å²) in [5, 5.41) is 10.1. The molecule has 1 heterocycles. The standard InChI is InChI=1S/C16H12F3NO2/c17-16(18,19)11-7-5-10(6-8-11)13(21)9-15-20-12-3-1-2-4-14(12)22-15/h1-8,13,21H,9H2/t13-/m1/s1. The summed E-state index contributed by atoms with van der Waals surface area (Å²) >= 11 is 0. The lowest BCUT2D eigenvalue weighted by Gasteiger charge is -2.11. The molecule has 0 radical (unpaired) electrons. The van der Waals surface area contributed by atoms with Gasteiger partial charge in [0.05, 0.1) is 18.1 Å². The molecule has 3 nitrogen and oxygen atoms in total. The molecule has 3 rings (SSSR count). The zero-order valence-electron chi connectivity index (χ0n) is 11.3. The first-order chi connectivity index (χ1) is 10.4. The van der Waals surface area contributed by atoms with Gasteiger partial charge in [-0.05, 0) is 29.8 Å². The summed E-state index contributed by atoms with van der Waals surface area (Å²) in [6.07, 6.45) is -5.26. The maximum Gasteiger partial charge on any atom is 0.416 e. The highest BCUT2D eigenvalue weighted by molar-refractivity contribution is 5.72. The third-order valence-corrected chi connectivity index (χ3v) is 3.33. The highest BCUT2D eigenvalue weighted by Gasteiger charge is 2.30. The largest absolute Gasteiger partial charge is 0.441 e. The van der Waals surface area contributed by atoms with Crippen LogP contribution in [-0.2, 0) is 12.6 Å². The summed E-state index contributed by atoms with van der Waals surface area (Å²) in [5.74, 6) is 0.341. The molecule has 22 heavy (non-hydrogen) atoms. The van der Waals surface area contributed by atoms with Crippen LogP contribution < -0.4 is 0 Å². The monoisotopic (exact) mass is 307 g/mol. The number of aliphatic hydroxyl groups excluding tert-OH is 1. The minimum absolute atomic E-state index is 0.0973. The second kappa shape index (κ2) is 5.46. The molecule has 114 valence electrons. The van der Waals surface area contributed by atoms with Crippen molar-refractivity contribution in [1.29, 1.82) is 0 Å². The van der Waals surface area contributed by atoms with Crippen LogP contribution in [0.3, 0.4) is 0 Å². The first kappa shape index (κ1) is 14.6. The quantitative estimate of drug-likeness (QED) is 0.791. The molecule has 0 saturated carbocycles. The summed E-state index contributed by atoms with van der Waals surface area (Å²) in [6.45, 7) is 0.